The number of aromatic nitrogens is 2. The van der Waals surface area contributed by atoms with E-state index in [1.807, 2.05) is 4.90 Å². The van der Waals surface area contributed by atoms with Crippen molar-refractivity contribution in [3.8, 4) is 0 Å². The highest BCUT2D eigenvalue weighted by atomic mass is 19.4. The monoisotopic (exact) mass is 441 g/mol. The molecule has 0 aromatic carbocycles. The van der Waals surface area contributed by atoms with Gasteiger partial charge in [-0.05, 0) is 25.2 Å². The van der Waals surface area contributed by atoms with Crippen molar-refractivity contribution in [3.63, 3.8) is 0 Å². The van der Waals surface area contributed by atoms with Crippen LogP contribution in [0.2, 0.25) is 0 Å². The molecule has 11 heteroatoms. The number of halogens is 3. The quantitative estimate of drug-likeness (QED) is 0.759. The van der Waals surface area contributed by atoms with Crippen LogP contribution in [0.25, 0.3) is 0 Å². The van der Waals surface area contributed by atoms with Gasteiger partial charge >= 0.3 is 6.18 Å². The Morgan fingerprint density at radius 3 is 2.58 bits per heavy atom. The maximum absolute atomic E-state index is 12.9. The van der Waals surface area contributed by atoms with Gasteiger partial charge in [0.15, 0.2) is 0 Å². The van der Waals surface area contributed by atoms with E-state index in [-0.39, 0.29) is 47.9 Å². The molecule has 170 valence electrons. The number of amides is 2. The molecule has 2 amide bonds. The van der Waals surface area contributed by atoms with Crippen molar-refractivity contribution in [2.45, 2.75) is 38.0 Å². The van der Waals surface area contributed by atoms with Crippen molar-refractivity contribution in [1.29, 1.82) is 0 Å². The first kappa shape index (κ1) is 21.8. The number of alkyl halides is 3. The fourth-order valence-corrected chi connectivity index (χ4v) is 4.89. The Morgan fingerprint density at radius 1 is 1.16 bits per heavy atom. The van der Waals surface area contributed by atoms with Crippen molar-refractivity contribution in [2.75, 3.05) is 37.7 Å². The molecule has 1 aromatic heterocycles. The molecule has 0 bridgehead atoms. The molecular weight excluding hydrogens is 415 g/mol. The number of nitrogens with zero attached hydrogens (tertiary/aromatic N) is 4. The Balaban J connectivity index is 1.32. The molecule has 8 nitrogen and oxygen atoms in total. The number of anilines is 1. The van der Waals surface area contributed by atoms with Gasteiger partial charge in [-0.2, -0.15) is 13.2 Å². The third-order valence-corrected chi connectivity index (χ3v) is 6.69. The van der Waals surface area contributed by atoms with Crippen molar-refractivity contribution in [1.82, 2.24) is 14.9 Å². The van der Waals surface area contributed by atoms with E-state index in [1.165, 1.54) is 0 Å². The van der Waals surface area contributed by atoms with Crippen molar-refractivity contribution >= 4 is 17.6 Å². The van der Waals surface area contributed by atoms with Gasteiger partial charge in [-0.25, -0.2) is 9.97 Å². The van der Waals surface area contributed by atoms with Gasteiger partial charge in [0.25, 0.3) is 0 Å². The average Bonchev–Trinajstić information content (AvgIpc) is 3.15. The van der Waals surface area contributed by atoms with E-state index >= 15 is 0 Å². The number of likely N-dealkylation sites (tertiary alicyclic amines) is 1. The Labute approximate surface area is 177 Å². The molecule has 4 heterocycles. The van der Waals surface area contributed by atoms with Gasteiger partial charge < -0.3 is 20.3 Å². The summed E-state index contributed by atoms with van der Waals surface area (Å²) in [7, 11) is 0. The summed E-state index contributed by atoms with van der Waals surface area (Å²) in [6.45, 7) is 2.61. The van der Waals surface area contributed by atoms with Crippen LogP contribution in [0.1, 0.15) is 31.4 Å². The van der Waals surface area contributed by atoms with Gasteiger partial charge in [-0.15, -0.1) is 0 Å². The van der Waals surface area contributed by atoms with Gasteiger partial charge in [0.2, 0.25) is 11.8 Å². The maximum Gasteiger partial charge on any atom is 0.433 e. The molecule has 0 spiro atoms. The normalized spacial score (nSPS) is 27.3. The molecule has 4 rings (SSSR count). The Bertz CT molecular complexity index is 829. The van der Waals surface area contributed by atoms with E-state index in [1.54, 1.807) is 4.90 Å². The first-order valence-corrected chi connectivity index (χ1v) is 10.5. The molecular formula is C20H26F3N5O3. The second-order valence-electron chi connectivity index (χ2n) is 8.55. The number of nitrogens with two attached hydrogens (primary N) is 1. The smallest absolute Gasteiger partial charge is 0.377 e. The number of rotatable bonds is 4. The first-order valence-electron chi connectivity index (χ1n) is 10.5. The highest BCUT2D eigenvalue weighted by Crippen LogP contribution is 2.38. The van der Waals surface area contributed by atoms with Crippen molar-refractivity contribution in [2.24, 2.45) is 23.5 Å². The topological polar surface area (TPSA) is 102 Å². The van der Waals surface area contributed by atoms with E-state index in [4.69, 9.17) is 10.5 Å². The lowest BCUT2D eigenvalue weighted by Gasteiger charge is -2.37. The number of carbonyl (C=O) groups excluding carboxylic acids is 2. The van der Waals surface area contributed by atoms with E-state index in [0.717, 1.165) is 18.8 Å². The van der Waals surface area contributed by atoms with Crippen LogP contribution >= 0.6 is 0 Å². The fourth-order valence-electron chi connectivity index (χ4n) is 4.89. The predicted octanol–water partition coefficient (Wildman–Crippen LogP) is 1.45. The zero-order valence-electron chi connectivity index (χ0n) is 17.1. The molecule has 0 aliphatic carbocycles. The van der Waals surface area contributed by atoms with Gasteiger partial charge in [0.1, 0.15) is 17.8 Å². The summed E-state index contributed by atoms with van der Waals surface area (Å²) in [6, 6.07) is 0.979. The number of hydrogen-bond acceptors (Lipinski definition) is 6. The molecule has 3 aliphatic rings. The molecule has 3 saturated heterocycles. The highest BCUT2D eigenvalue weighted by Gasteiger charge is 2.43. The van der Waals surface area contributed by atoms with Gasteiger partial charge in [0, 0.05) is 44.1 Å². The number of carbonyl (C=O) groups is 2. The number of ether oxygens (including phenoxy) is 1. The Morgan fingerprint density at radius 2 is 1.90 bits per heavy atom. The number of hydrogen-bond donors (Lipinski definition) is 1. The predicted molar refractivity (Wildman–Crippen MR) is 104 cm³/mol. The van der Waals surface area contributed by atoms with Crippen LogP contribution < -0.4 is 10.6 Å². The summed E-state index contributed by atoms with van der Waals surface area (Å²) in [5.74, 6) is 0.120. The third-order valence-electron chi connectivity index (χ3n) is 6.69. The lowest BCUT2D eigenvalue weighted by atomic mass is 9.83. The van der Waals surface area contributed by atoms with E-state index in [9.17, 15) is 22.8 Å². The molecule has 3 aliphatic heterocycles. The molecule has 0 saturated carbocycles. The molecule has 31 heavy (non-hydrogen) atoms. The number of fused-ring (bicyclic) bond motifs is 1. The van der Waals surface area contributed by atoms with Crippen LogP contribution in [0, 0.1) is 17.8 Å². The zero-order chi connectivity index (χ0) is 22.2. The molecule has 3 fully saturated rings. The van der Waals surface area contributed by atoms with Crippen LogP contribution in [0.15, 0.2) is 12.4 Å². The van der Waals surface area contributed by atoms with Crippen LogP contribution in [0.3, 0.4) is 0 Å². The Kier molecular flexibility index (Phi) is 6.05. The molecule has 0 radical (unpaired) electrons. The maximum atomic E-state index is 12.9. The molecule has 0 unspecified atom stereocenters. The summed E-state index contributed by atoms with van der Waals surface area (Å²) in [4.78, 5) is 35.0. The van der Waals surface area contributed by atoms with E-state index in [2.05, 4.69) is 9.97 Å². The summed E-state index contributed by atoms with van der Waals surface area (Å²) in [6.07, 6.45) is -1.57. The van der Waals surface area contributed by atoms with E-state index in [0.29, 0.717) is 45.6 Å². The highest BCUT2D eigenvalue weighted by molar-refractivity contribution is 5.79. The average molecular weight is 441 g/mol. The molecule has 1 aromatic rings. The standard InChI is InChI=1S/C20H26F3N5O3/c21-20(22,23)16-8-17(26-11-25-16)28-6-3-14-13(9-28)10-31-15(14)7-18(29)27-4-1-12(2-5-27)19(24)30/h8,11-15H,1-7,9-10H2,(H2,24,30)/t13-,14-,15+/m1/s1. The van der Waals surface area contributed by atoms with Crippen molar-refractivity contribution in [3.05, 3.63) is 18.1 Å². The van der Waals surface area contributed by atoms with Crippen molar-refractivity contribution < 1.29 is 27.5 Å². The lowest BCUT2D eigenvalue weighted by Crippen LogP contribution is -2.45. The van der Waals surface area contributed by atoms with Gasteiger partial charge in [-0.1, -0.05) is 0 Å². The summed E-state index contributed by atoms with van der Waals surface area (Å²) in [5.41, 5.74) is 4.39. The second-order valence-corrected chi connectivity index (χ2v) is 8.55. The minimum atomic E-state index is -4.51. The number of piperidine rings is 2. The SMILES string of the molecule is NC(=O)C1CCN(C(=O)C[C@@H]2OC[C@H]3CN(c4cc(C(F)(F)F)ncn4)CC[C@H]32)CC1. The van der Waals surface area contributed by atoms with Gasteiger partial charge in [-0.3, -0.25) is 9.59 Å². The fraction of sp³-hybridized carbons (Fsp3) is 0.700. The second kappa shape index (κ2) is 8.60. The Hall–Kier alpha value is -2.43. The van der Waals surface area contributed by atoms with Crippen LogP contribution in [-0.4, -0.2) is 65.6 Å². The molecule has 2 N–H and O–H groups in total. The largest absolute Gasteiger partial charge is 0.433 e. The van der Waals surface area contributed by atoms with Gasteiger partial charge in [0.05, 0.1) is 19.1 Å². The number of primary amides is 1. The molecule has 3 atom stereocenters. The summed E-state index contributed by atoms with van der Waals surface area (Å²) >= 11 is 0. The summed E-state index contributed by atoms with van der Waals surface area (Å²) < 4.78 is 44.8. The lowest BCUT2D eigenvalue weighted by molar-refractivity contribution is -0.141. The van der Waals surface area contributed by atoms with E-state index < -0.39 is 11.9 Å². The van der Waals surface area contributed by atoms with Crippen LogP contribution in [-0.2, 0) is 20.5 Å². The summed E-state index contributed by atoms with van der Waals surface area (Å²) in [5, 5.41) is 0. The minimum absolute atomic E-state index is 0.0154. The zero-order valence-corrected chi connectivity index (χ0v) is 17.1. The minimum Gasteiger partial charge on any atom is -0.377 e. The third kappa shape index (κ3) is 4.76. The first-order chi connectivity index (χ1) is 14.7. The van der Waals surface area contributed by atoms with Crippen LogP contribution in [0.4, 0.5) is 19.0 Å². The van der Waals surface area contributed by atoms with Crippen LogP contribution in [0.5, 0.6) is 0 Å².